The fraction of sp³-hybridized carbons (Fsp3) is 0.846. The Labute approximate surface area is 123 Å². The van der Waals surface area contributed by atoms with Crippen LogP contribution in [-0.2, 0) is 4.74 Å². The van der Waals surface area contributed by atoms with Gasteiger partial charge in [-0.05, 0) is 27.2 Å². The van der Waals surface area contributed by atoms with Crippen molar-refractivity contribution in [3.05, 3.63) is 5.82 Å². The topological polar surface area (TPSA) is 87.2 Å². The highest BCUT2D eigenvalue weighted by Gasteiger charge is 2.40. The number of carbonyl (C=O) groups excluding carboxylic acids is 1. The van der Waals surface area contributed by atoms with Crippen LogP contribution in [0.1, 0.15) is 38.9 Å². The van der Waals surface area contributed by atoms with Crippen molar-refractivity contribution in [3.8, 4) is 0 Å². The van der Waals surface area contributed by atoms with Gasteiger partial charge in [-0.25, -0.2) is 4.79 Å². The van der Waals surface area contributed by atoms with Crippen molar-refractivity contribution in [3.63, 3.8) is 0 Å². The van der Waals surface area contributed by atoms with E-state index in [1.54, 1.807) is 0 Å². The van der Waals surface area contributed by atoms with E-state index in [0.29, 0.717) is 25.0 Å². The van der Waals surface area contributed by atoms with Crippen LogP contribution in [-0.4, -0.2) is 74.3 Å². The highest BCUT2D eigenvalue weighted by atomic mass is 16.6. The second-order valence-corrected chi connectivity index (χ2v) is 6.78. The van der Waals surface area contributed by atoms with Crippen LogP contribution < -0.4 is 0 Å². The SMILES string of the molecule is CC(C)(C)OC(=O)N1CCN2C[C@@H](c3nn[nH]n3)C[C@H]2C1. The predicted molar refractivity (Wildman–Crippen MR) is 74.7 cm³/mol. The van der Waals surface area contributed by atoms with Crippen LogP contribution in [0, 0.1) is 0 Å². The molecular weight excluding hydrogens is 272 g/mol. The number of ether oxygens (including phenoxy) is 1. The molecule has 2 aliphatic heterocycles. The summed E-state index contributed by atoms with van der Waals surface area (Å²) in [7, 11) is 0. The van der Waals surface area contributed by atoms with Gasteiger partial charge in [-0.3, -0.25) is 4.90 Å². The second kappa shape index (κ2) is 5.25. The van der Waals surface area contributed by atoms with E-state index >= 15 is 0 Å². The number of amides is 1. The fourth-order valence-electron chi connectivity index (χ4n) is 3.06. The number of aromatic amines is 1. The molecule has 1 aromatic heterocycles. The molecule has 0 aromatic carbocycles. The zero-order valence-electron chi connectivity index (χ0n) is 12.7. The smallest absolute Gasteiger partial charge is 0.410 e. The zero-order valence-corrected chi connectivity index (χ0v) is 12.7. The normalized spacial score (nSPS) is 26.7. The minimum Gasteiger partial charge on any atom is -0.444 e. The minimum atomic E-state index is -0.447. The predicted octanol–water partition coefficient (Wildman–Crippen LogP) is 0.608. The Kier molecular flexibility index (Phi) is 3.56. The number of piperazine rings is 1. The molecular formula is C13H22N6O2. The molecule has 2 fully saturated rings. The Morgan fingerprint density at radius 3 is 2.81 bits per heavy atom. The molecule has 1 amide bonds. The number of carbonyl (C=O) groups is 1. The van der Waals surface area contributed by atoms with E-state index in [4.69, 9.17) is 4.74 Å². The molecule has 1 N–H and O–H groups in total. The molecule has 0 unspecified atom stereocenters. The number of rotatable bonds is 1. The molecule has 3 rings (SSSR count). The van der Waals surface area contributed by atoms with E-state index in [1.165, 1.54) is 0 Å². The Hall–Kier alpha value is -1.70. The molecule has 8 heteroatoms. The van der Waals surface area contributed by atoms with Gasteiger partial charge < -0.3 is 9.64 Å². The van der Waals surface area contributed by atoms with Crippen LogP contribution in [0.3, 0.4) is 0 Å². The maximum atomic E-state index is 12.2. The largest absolute Gasteiger partial charge is 0.444 e. The molecule has 2 saturated heterocycles. The molecule has 0 radical (unpaired) electrons. The van der Waals surface area contributed by atoms with Crippen molar-refractivity contribution in [1.82, 2.24) is 30.4 Å². The van der Waals surface area contributed by atoms with Crippen molar-refractivity contribution in [1.29, 1.82) is 0 Å². The first-order chi connectivity index (χ1) is 9.92. The third-order valence-corrected chi connectivity index (χ3v) is 3.99. The molecule has 0 spiro atoms. The van der Waals surface area contributed by atoms with E-state index in [9.17, 15) is 4.79 Å². The molecule has 0 aliphatic carbocycles. The molecule has 8 nitrogen and oxygen atoms in total. The minimum absolute atomic E-state index is 0.217. The molecule has 1 aromatic rings. The zero-order chi connectivity index (χ0) is 15.0. The number of H-pyrrole nitrogens is 1. The average Bonchev–Trinajstić information content (AvgIpc) is 3.04. The van der Waals surface area contributed by atoms with Gasteiger partial charge in [0.1, 0.15) is 5.60 Å². The monoisotopic (exact) mass is 294 g/mol. The van der Waals surface area contributed by atoms with Gasteiger partial charge in [-0.1, -0.05) is 5.21 Å². The summed E-state index contributed by atoms with van der Waals surface area (Å²) in [6.07, 6.45) is 0.740. The summed E-state index contributed by atoms with van der Waals surface area (Å²) in [6, 6.07) is 0.356. The van der Waals surface area contributed by atoms with Crippen molar-refractivity contribution < 1.29 is 9.53 Å². The molecule has 21 heavy (non-hydrogen) atoms. The number of nitrogens with one attached hydrogen (secondary N) is 1. The van der Waals surface area contributed by atoms with Gasteiger partial charge in [-0.15, -0.1) is 10.2 Å². The maximum absolute atomic E-state index is 12.2. The lowest BCUT2D eigenvalue weighted by Gasteiger charge is -2.37. The quantitative estimate of drug-likeness (QED) is 0.816. The van der Waals surface area contributed by atoms with E-state index < -0.39 is 5.60 Å². The second-order valence-electron chi connectivity index (χ2n) is 6.78. The van der Waals surface area contributed by atoms with Crippen LogP contribution in [0.2, 0.25) is 0 Å². The molecule has 2 aliphatic rings. The standard InChI is InChI=1S/C13H22N6O2/c1-13(2,3)21-12(20)19-5-4-18-7-9(6-10(18)8-19)11-14-16-17-15-11/h9-10H,4-8H2,1-3H3,(H,14,15,16,17)/t9-,10-/m0/s1. The fourth-order valence-corrected chi connectivity index (χ4v) is 3.06. The molecule has 0 bridgehead atoms. The third kappa shape index (κ3) is 3.15. The van der Waals surface area contributed by atoms with Crippen molar-refractivity contribution in [2.45, 2.75) is 44.8 Å². The summed E-state index contributed by atoms with van der Waals surface area (Å²) in [4.78, 5) is 16.4. The first-order valence-electron chi connectivity index (χ1n) is 7.38. The van der Waals surface area contributed by atoms with Gasteiger partial charge in [-0.2, -0.15) is 5.21 Å². The van der Waals surface area contributed by atoms with E-state index in [-0.39, 0.29) is 6.09 Å². The average molecular weight is 294 g/mol. The third-order valence-electron chi connectivity index (χ3n) is 3.99. The molecule has 3 heterocycles. The van der Waals surface area contributed by atoms with Gasteiger partial charge in [0, 0.05) is 38.1 Å². The molecule has 2 atom stereocenters. The molecule has 116 valence electrons. The van der Waals surface area contributed by atoms with E-state index in [0.717, 1.165) is 25.3 Å². The van der Waals surface area contributed by atoms with Crippen LogP contribution in [0.5, 0.6) is 0 Å². The van der Waals surface area contributed by atoms with Gasteiger partial charge in [0.2, 0.25) is 0 Å². The van der Waals surface area contributed by atoms with E-state index in [2.05, 4.69) is 25.5 Å². The summed E-state index contributed by atoms with van der Waals surface area (Å²) in [5.41, 5.74) is -0.447. The number of aromatic nitrogens is 4. The van der Waals surface area contributed by atoms with Crippen molar-refractivity contribution >= 4 is 6.09 Å². The lowest BCUT2D eigenvalue weighted by molar-refractivity contribution is 0.00925. The Balaban J connectivity index is 1.60. The van der Waals surface area contributed by atoms with Gasteiger partial charge in [0.05, 0.1) is 0 Å². The lowest BCUT2D eigenvalue weighted by atomic mass is 10.0. The Bertz CT molecular complexity index is 497. The summed E-state index contributed by atoms with van der Waals surface area (Å²) in [6.45, 7) is 8.91. The summed E-state index contributed by atoms with van der Waals surface area (Å²) < 4.78 is 5.45. The first-order valence-corrected chi connectivity index (χ1v) is 7.38. The number of hydrogen-bond acceptors (Lipinski definition) is 6. The van der Waals surface area contributed by atoms with E-state index in [1.807, 2.05) is 25.7 Å². The van der Waals surface area contributed by atoms with Gasteiger partial charge in [0.25, 0.3) is 0 Å². The van der Waals surface area contributed by atoms with Gasteiger partial charge in [0.15, 0.2) is 5.82 Å². The maximum Gasteiger partial charge on any atom is 0.410 e. The molecule has 0 saturated carbocycles. The van der Waals surface area contributed by atoms with Gasteiger partial charge >= 0.3 is 6.09 Å². The summed E-state index contributed by atoms with van der Waals surface area (Å²) in [5.74, 6) is 1.07. The number of tetrazole rings is 1. The van der Waals surface area contributed by atoms with Crippen LogP contribution in [0.4, 0.5) is 4.79 Å². The highest BCUT2D eigenvalue weighted by molar-refractivity contribution is 5.68. The van der Waals surface area contributed by atoms with Crippen molar-refractivity contribution in [2.75, 3.05) is 26.2 Å². The number of hydrogen-bond donors (Lipinski definition) is 1. The number of fused-ring (bicyclic) bond motifs is 1. The van der Waals surface area contributed by atoms with Crippen LogP contribution >= 0.6 is 0 Å². The Morgan fingerprint density at radius 2 is 2.14 bits per heavy atom. The Morgan fingerprint density at radius 1 is 1.33 bits per heavy atom. The number of nitrogens with zero attached hydrogens (tertiary/aromatic N) is 5. The highest BCUT2D eigenvalue weighted by Crippen LogP contribution is 2.31. The summed E-state index contributed by atoms with van der Waals surface area (Å²) in [5, 5.41) is 14.3. The van der Waals surface area contributed by atoms with Crippen LogP contribution in [0.25, 0.3) is 0 Å². The van der Waals surface area contributed by atoms with Crippen molar-refractivity contribution in [2.24, 2.45) is 0 Å². The van der Waals surface area contributed by atoms with Crippen LogP contribution in [0.15, 0.2) is 0 Å². The summed E-state index contributed by atoms with van der Waals surface area (Å²) >= 11 is 0. The first kappa shape index (κ1) is 14.2. The lowest BCUT2D eigenvalue weighted by Crippen LogP contribution is -2.53.